The zero-order chi connectivity index (χ0) is 18.6. The molecule has 2 amide bonds. The van der Waals surface area contributed by atoms with Crippen LogP contribution in [-0.4, -0.2) is 60.1 Å². The monoisotopic (exact) mass is 348 g/mol. The second kappa shape index (κ2) is 7.55. The molecular formula is C18H24N2O5. The first-order chi connectivity index (χ1) is 11.7. The third kappa shape index (κ3) is 5.20. The molecule has 1 aliphatic rings. The van der Waals surface area contributed by atoms with Crippen LogP contribution in [0.1, 0.15) is 36.7 Å². The summed E-state index contributed by atoms with van der Waals surface area (Å²) < 4.78 is 9.96. The van der Waals surface area contributed by atoms with Crippen LogP contribution in [0.2, 0.25) is 0 Å². The molecule has 0 spiro atoms. The van der Waals surface area contributed by atoms with Crippen molar-refractivity contribution in [2.45, 2.75) is 32.9 Å². The summed E-state index contributed by atoms with van der Waals surface area (Å²) in [5, 5.41) is 0. The summed E-state index contributed by atoms with van der Waals surface area (Å²) in [6.45, 7) is 6.69. The van der Waals surface area contributed by atoms with Gasteiger partial charge in [-0.3, -0.25) is 9.69 Å². The Labute approximate surface area is 147 Å². The van der Waals surface area contributed by atoms with Crippen LogP contribution in [-0.2, 0) is 20.8 Å². The lowest BCUT2D eigenvalue weighted by molar-refractivity contribution is -0.136. The van der Waals surface area contributed by atoms with Gasteiger partial charge in [-0.25, -0.2) is 9.59 Å². The summed E-state index contributed by atoms with van der Waals surface area (Å²) in [5.41, 5.74) is 0.789. The van der Waals surface area contributed by atoms with Gasteiger partial charge in [-0.1, -0.05) is 12.1 Å². The average molecular weight is 348 g/mol. The Hall–Kier alpha value is -2.57. The molecule has 136 valence electrons. The summed E-state index contributed by atoms with van der Waals surface area (Å²) in [7, 11) is 1.33. The van der Waals surface area contributed by atoms with E-state index in [9.17, 15) is 14.4 Å². The van der Waals surface area contributed by atoms with Crippen LogP contribution in [0.5, 0.6) is 0 Å². The van der Waals surface area contributed by atoms with Gasteiger partial charge in [-0.15, -0.1) is 0 Å². The number of carbonyl (C=O) groups is 3. The van der Waals surface area contributed by atoms with E-state index in [1.54, 1.807) is 49.9 Å². The lowest BCUT2D eigenvalue weighted by Gasteiger charge is -2.35. The van der Waals surface area contributed by atoms with Gasteiger partial charge in [0.25, 0.3) is 0 Å². The molecule has 0 N–H and O–H groups in total. The van der Waals surface area contributed by atoms with Crippen molar-refractivity contribution < 1.29 is 23.9 Å². The molecule has 1 aromatic rings. The molecular weight excluding hydrogens is 324 g/mol. The normalized spacial score (nSPS) is 15.1. The zero-order valence-electron chi connectivity index (χ0n) is 15.1. The fraction of sp³-hybridized carbons (Fsp3) is 0.500. The summed E-state index contributed by atoms with van der Waals surface area (Å²) in [6.07, 6.45) is -0.470. The van der Waals surface area contributed by atoms with Crippen LogP contribution < -0.4 is 0 Å². The lowest BCUT2D eigenvalue weighted by Crippen LogP contribution is -2.52. The van der Waals surface area contributed by atoms with E-state index in [0.29, 0.717) is 25.2 Å². The summed E-state index contributed by atoms with van der Waals surface area (Å²) in [5.74, 6) is -0.525. The molecule has 1 heterocycles. The second-order valence-electron chi connectivity index (χ2n) is 6.91. The number of benzene rings is 1. The first-order valence-corrected chi connectivity index (χ1v) is 8.12. The Morgan fingerprint density at radius 1 is 1.12 bits per heavy atom. The van der Waals surface area contributed by atoms with Crippen LogP contribution >= 0.6 is 0 Å². The van der Waals surface area contributed by atoms with Gasteiger partial charge in [0.2, 0.25) is 5.91 Å². The van der Waals surface area contributed by atoms with Gasteiger partial charge in [0.1, 0.15) is 12.1 Å². The largest absolute Gasteiger partial charge is 0.465 e. The van der Waals surface area contributed by atoms with Gasteiger partial charge in [-0.05, 0) is 38.5 Å². The van der Waals surface area contributed by atoms with Gasteiger partial charge in [0.05, 0.1) is 12.7 Å². The van der Waals surface area contributed by atoms with Crippen LogP contribution in [0, 0.1) is 0 Å². The van der Waals surface area contributed by atoms with Crippen molar-refractivity contribution in [3.05, 3.63) is 35.4 Å². The fourth-order valence-electron chi connectivity index (χ4n) is 2.44. The predicted molar refractivity (Wildman–Crippen MR) is 91.0 cm³/mol. The van der Waals surface area contributed by atoms with E-state index >= 15 is 0 Å². The van der Waals surface area contributed by atoms with Crippen molar-refractivity contribution in [2.24, 2.45) is 0 Å². The SMILES string of the molecule is COC(=O)c1ccc(CN2CCN(C(=O)OC(C)(C)C)CC2=O)cc1. The number of amides is 2. The molecule has 1 aliphatic heterocycles. The van der Waals surface area contributed by atoms with Gasteiger partial charge in [-0.2, -0.15) is 0 Å². The van der Waals surface area contributed by atoms with Crippen molar-refractivity contribution in [1.82, 2.24) is 9.80 Å². The van der Waals surface area contributed by atoms with Crippen LogP contribution in [0.4, 0.5) is 4.79 Å². The van der Waals surface area contributed by atoms with E-state index < -0.39 is 17.7 Å². The van der Waals surface area contributed by atoms with E-state index in [1.807, 2.05) is 0 Å². The third-order valence-electron chi connectivity index (χ3n) is 3.72. The van der Waals surface area contributed by atoms with Gasteiger partial charge >= 0.3 is 12.1 Å². The minimum absolute atomic E-state index is 0.00908. The molecule has 0 radical (unpaired) electrons. The lowest BCUT2D eigenvalue weighted by atomic mass is 10.1. The Balaban J connectivity index is 1.92. The minimum atomic E-state index is -0.585. The Kier molecular flexibility index (Phi) is 5.66. The number of piperazine rings is 1. The number of nitrogens with zero attached hydrogens (tertiary/aromatic N) is 2. The van der Waals surface area contributed by atoms with E-state index in [-0.39, 0.29) is 12.5 Å². The van der Waals surface area contributed by atoms with Crippen molar-refractivity contribution in [3.8, 4) is 0 Å². The molecule has 0 bridgehead atoms. The molecule has 2 rings (SSSR count). The smallest absolute Gasteiger partial charge is 0.410 e. The van der Waals surface area contributed by atoms with E-state index in [2.05, 4.69) is 4.74 Å². The Bertz CT molecular complexity index is 648. The molecule has 0 aromatic heterocycles. The van der Waals surface area contributed by atoms with E-state index in [0.717, 1.165) is 5.56 Å². The number of hydrogen-bond donors (Lipinski definition) is 0. The number of hydrogen-bond acceptors (Lipinski definition) is 5. The maximum Gasteiger partial charge on any atom is 0.410 e. The second-order valence-corrected chi connectivity index (χ2v) is 6.91. The number of methoxy groups -OCH3 is 1. The predicted octanol–water partition coefficient (Wildman–Crippen LogP) is 2.05. The standard InChI is InChI=1S/C18H24N2O5/c1-18(2,3)25-17(23)20-10-9-19(15(21)12-20)11-13-5-7-14(8-6-13)16(22)24-4/h5-8H,9-12H2,1-4H3. The molecule has 7 heteroatoms. The minimum Gasteiger partial charge on any atom is -0.465 e. The van der Waals surface area contributed by atoms with Crippen molar-refractivity contribution in [1.29, 1.82) is 0 Å². The maximum absolute atomic E-state index is 12.3. The highest BCUT2D eigenvalue weighted by molar-refractivity contribution is 5.89. The molecule has 7 nitrogen and oxygen atoms in total. The van der Waals surface area contributed by atoms with Gasteiger partial charge in [0.15, 0.2) is 0 Å². The van der Waals surface area contributed by atoms with Gasteiger partial charge in [0, 0.05) is 19.6 Å². The molecule has 1 aromatic carbocycles. The number of carbonyl (C=O) groups excluding carboxylic acids is 3. The molecule has 0 saturated carbocycles. The molecule has 0 unspecified atom stereocenters. The number of rotatable bonds is 3. The van der Waals surface area contributed by atoms with Crippen LogP contribution in [0.3, 0.4) is 0 Å². The molecule has 0 aliphatic carbocycles. The summed E-state index contributed by atoms with van der Waals surface area (Å²) in [4.78, 5) is 38.9. The van der Waals surface area contributed by atoms with E-state index in [4.69, 9.17) is 4.74 Å². The van der Waals surface area contributed by atoms with Gasteiger partial charge < -0.3 is 14.4 Å². The van der Waals surface area contributed by atoms with Crippen molar-refractivity contribution >= 4 is 18.0 Å². The number of esters is 1. The maximum atomic E-state index is 12.3. The molecule has 1 fully saturated rings. The molecule has 0 atom stereocenters. The first-order valence-electron chi connectivity index (χ1n) is 8.12. The van der Waals surface area contributed by atoms with Crippen molar-refractivity contribution in [3.63, 3.8) is 0 Å². The highest BCUT2D eigenvalue weighted by atomic mass is 16.6. The highest BCUT2D eigenvalue weighted by Gasteiger charge is 2.30. The summed E-state index contributed by atoms with van der Waals surface area (Å²) >= 11 is 0. The quantitative estimate of drug-likeness (QED) is 0.782. The Morgan fingerprint density at radius 2 is 1.76 bits per heavy atom. The summed E-state index contributed by atoms with van der Waals surface area (Å²) in [6, 6.07) is 6.92. The zero-order valence-corrected chi connectivity index (χ0v) is 15.1. The van der Waals surface area contributed by atoms with Crippen LogP contribution in [0.15, 0.2) is 24.3 Å². The average Bonchev–Trinajstić information content (AvgIpc) is 2.55. The Morgan fingerprint density at radius 3 is 2.28 bits per heavy atom. The fourth-order valence-corrected chi connectivity index (χ4v) is 2.44. The number of ether oxygens (including phenoxy) is 2. The highest BCUT2D eigenvalue weighted by Crippen LogP contribution is 2.15. The van der Waals surface area contributed by atoms with Crippen molar-refractivity contribution in [2.75, 3.05) is 26.7 Å². The first kappa shape index (κ1) is 18.8. The third-order valence-corrected chi connectivity index (χ3v) is 3.72. The van der Waals surface area contributed by atoms with E-state index in [1.165, 1.54) is 12.0 Å². The van der Waals surface area contributed by atoms with Crippen LogP contribution in [0.25, 0.3) is 0 Å². The molecule has 25 heavy (non-hydrogen) atoms. The topological polar surface area (TPSA) is 76.2 Å². The molecule has 1 saturated heterocycles.